The van der Waals surface area contributed by atoms with Crippen LogP contribution >= 0.6 is 24.2 Å². The number of rotatable bonds is 7. The Labute approximate surface area is 148 Å². The quantitative estimate of drug-likeness (QED) is 0.782. The molecule has 0 aromatic heterocycles. The number of carbonyl (C=O) groups excluding carboxylic acids is 1. The number of hydrogen-bond donors (Lipinski definition) is 2. The third-order valence-corrected chi connectivity index (χ3v) is 4.40. The van der Waals surface area contributed by atoms with E-state index >= 15 is 0 Å². The first kappa shape index (κ1) is 19.9. The Morgan fingerprint density at radius 2 is 2.13 bits per heavy atom. The molecule has 2 rings (SSSR count). The first-order valence-corrected chi connectivity index (χ1v) is 8.89. The highest BCUT2D eigenvalue weighted by Crippen LogP contribution is 2.29. The van der Waals surface area contributed by atoms with Crippen molar-refractivity contribution in [2.75, 3.05) is 36.6 Å². The zero-order valence-electron chi connectivity index (χ0n) is 13.6. The molecule has 1 saturated heterocycles. The van der Waals surface area contributed by atoms with E-state index < -0.39 is 0 Å². The topological polar surface area (TPSA) is 59.6 Å². The van der Waals surface area contributed by atoms with Gasteiger partial charge in [-0.1, -0.05) is 0 Å². The third kappa shape index (κ3) is 6.49. The average molecular weight is 361 g/mol. The molecular weight excluding hydrogens is 336 g/mol. The summed E-state index contributed by atoms with van der Waals surface area (Å²) >= 11 is 1.88. The second-order valence-corrected chi connectivity index (χ2v) is 6.15. The van der Waals surface area contributed by atoms with Gasteiger partial charge < -0.3 is 20.1 Å². The van der Waals surface area contributed by atoms with Crippen LogP contribution in [0.5, 0.6) is 11.5 Å². The zero-order valence-corrected chi connectivity index (χ0v) is 15.2. The van der Waals surface area contributed by atoms with Crippen molar-refractivity contribution in [1.29, 1.82) is 0 Å². The summed E-state index contributed by atoms with van der Waals surface area (Å²) in [7, 11) is 0. The van der Waals surface area contributed by atoms with E-state index in [9.17, 15) is 4.79 Å². The zero-order chi connectivity index (χ0) is 15.8. The van der Waals surface area contributed by atoms with Gasteiger partial charge in [-0.2, -0.15) is 11.8 Å². The molecule has 1 unspecified atom stereocenters. The summed E-state index contributed by atoms with van der Waals surface area (Å²) in [6.07, 6.45) is 0.470. The summed E-state index contributed by atoms with van der Waals surface area (Å²) < 4.78 is 11.1. The smallest absolute Gasteiger partial charge is 0.226 e. The van der Waals surface area contributed by atoms with Crippen LogP contribution in [0, 0.1) is 0 Å². The van der Waals surface area contributed by atoms with E-state index in [1.807, 2.05) is 43.8 Å². The van der Waals surface area contributed by atoms with Gasteiger partial charge in [0.05, 0.1) is 18.9 Å². The Morgan fingerprint density at radius 3 is 2.78 bits per heavy atom. The van der Waals surface area contributed by atoms with E-state index in [2.05, 4.69) is 10.6 Å². The van der Waals surface area contributed by atoms with Crippen molar-refractivity contribution in [2.24, 2.45) is 0 Å². The largest absolute Gasteiger partial charge is 0.494 e. The van der Waals surface area contributed by atoms with Crippen molar-refractivity contribution in [3.05, 3.63) is 18.2 Å². The molecule has 5 nitrogen and oxygen atoms in total. The molecular formula is C16H25ClN2O3S. The summed E-state index contributed by atoms with van der Waals surface area (Å²) in [6, 6.07) is 5.74. The van der Waals surface area contributed by atoms with Crippen molar-refractivity contribution in [3.8, 4) is 11.5 Å². The van der Waals surface area contributed by atoms with E-state index in [-0.39, 0.29) is 24.4 Å². The van der Waals surface area contributed by atoms with Crippen LogP contribution in [-0.4, -0.2) is 43.2 Å². The number of benzene rings is 1. The van der Waals surface area contributed by atoms with Crippen LogP contribution in [0.2, 0.25) is 0 Å². The van der Waals surface area contributed by atoms with E-state index in [0.717, 1.165) is 23.8 Å². The number of halogens is 1. The number of carbonyl (C=O) groups is 1. The van der Waals surface area contributed by atoms with Crippen molar-refractivity contribution in [2.45, 2.75) is 26.3 Å². The summed E-state index contributed by atoms with van der Waals surface area (Å²) in [5.74, 6) is 3.49. The molecule has 1 atom stereocenters. The minimum Gasteiger partial charge on any atom is -0.494 e. The molecule has 2 N–H and O–H groups in total. The lowest BCUT2D eigenvalue weighted by molar-refractivity contribution is -0.116. The Morgan fingerprint density at radius 1 is 1.35 bits per heavy atom. The highest BCUT2D eigenvalue weighted by Gasteiger charge is 2.18. The van der Waals surface area contributed by atoms with Gasteiger partial charge in [-0.05, 0) is 26.0 Å². The number of ether oxygens (including phenoxy) is 2. The number of amides is 1. The SMILES string of the molecule is CCOc1ccc(OCC)c(NC(=O)CC2CSCCN2)c1.Cl. The van der Waals surface area contributed by atoms with Crippen LogP contribution in [0.1, 0.15) is 20.3 Å². The molecule has 0 aliphatic carbocycles. The standard InChI is InChI=1S/C16H24N2O3S.ClH/c1-3-20-13-5-6-15(21-4-2)14(10-13)18-16(19)9-12-11-22-8-7-17-12;/h5-6,10,12,17H,3-4,7-9,11H2,1-2H3,(H,18,19);1H. The Balaban J connectivity index is 0.00000264. The van der Waals surface area contributed by atoms with Gasteiger partial charge in [0, 0.05) is 36.6 Å². The van der Waals surface area contributed by atoms with E-state index in [0.29, 0.717) is 31.1 Å². The molecule has 130 valence electrons. The Hall–Kier alpha value is -1.11. The molecule has 0 bridgehead atoms. The van der Waals surface area contributed by atoms with Crippen molar-refractivity contribution in [3.63, 3.8) is 0 Å². The lowest BCUT2D eigenvalue weighted by Crippen LogP contribution is -2.39. The van der Waals surface area contributed by atoms with Gasteiger partial charge >= 0.3 is 0 Å². The maximum Gasteiger partial charge on any atom is 0.226 e. The second kappa shape index (κ2) is 10.6. The molecule has 1 aromatic rings. The molecule has 1 fully saturated rings. The van der Waals surface area contributed by atoms with Gasteiger partial charge in [0.1, 0.15) is 11.5 Å². The van der Waals surface area contributed by atoms with Crippen LogP contribution in [0.25, 0.3) is 0 Å². The molecule has 1 heterocycles. The number of hydrogen-bond acceptors (Lipinski definition) is 5. The first-order valence-electron chi connectivity index (χ1n) is 7.73. The molecule has 1 amide bonds. The molecule has 1 aromatic carbocycles. The van der Waals surface area contributed by atoms with Gasteiger partial charge in [-0.3, -0.25) is 4.79 Å². The van der Waals surface area contributed by atoms with E-state index in [1.165, 1.54) is 0 Å². The normalized spacial score (nSPS) is 17.0. The van der Waals surface area contributed by atoms with E-state index in [1.54, 1.807) is 0 Å². The fourth-order valence-electron chi connectivity index (χ4n) is 2.32. The maximum absolute atomic E-state index is 12.2. The number of nitrogens with one attached hydrogen (secondary N) is 2. The Kier molecular flexibility index (Phi) is 9.21. The average Bonchev–Trinajstić information content (AvgIpc) is 2.51. The lowest BCUT2D eigenvalue weighted by Gasteiger charge is -2.22. The first-order chi connectivity index (χ1) is 10.7. The minimum atomic E-state index is -0.00500. The minimum absolute atomic E-state index is 0. The van der Waals surface area contributed by atoms with Crippen LogP contribution in [0.15, 0.2) is 18.2 Å². The van der Waals surface area contributed by atoms with Crippen molar-refractivity contribution >= 4 is 35.8 Å². The number of thioether (sulfide) groups is 1. The third-order valence-electron chi connectivity index (χ3n) is 3.27. The van der Waals surface area contributed by atoms with E-state index in [4.69, 9.17) is 9.47 Å². The molecule has 0 saturated carbocycles. The summed E-state index contributed by atoms with van der Waals surface area (Å²) in [5.41, 5.74) is 0.668. The Bertz CT molecular complexity index is 496. The van der Waals surface area contributed by atoms with Crippen LogP contribution in [0.4, 0.5) is 5.69 Å². The fraction of sp³-hybridized carbons (Fsp3) is 0.562. The maximum atomic E-state index is 12.2. The van der Waals surface area contributed by atoms with Crippen molar-refractivity contribution < 1.29 is 14.3 Å². The molecule has 7 heteroatoms. The highest BCUT2D eigenvalue weighted by molar-refractivity contribution is 7.99. The molecule has 23 heavy (non-hydrogen) atoms. The molecule has 1 aliphatic heterocycles. The molecule has 0 spiro atoms. The lowest BCUT2D eigenvalue weighted by atomic mass is 10.2. The van der Waals surface area contributed by atoms with Gasteiger partial charge in [0.25, 0.3) is 0 Å². The summed E-state index contributed by atoms with van der Waals surface area (Å²) in [5, 5.41) is 6.32. The van der Waals surface area contributed by atoms with Crippen molar-refractivity contribution in [1.82, 2.24) is 5.32 Å². The predicted molar refractivity (Wildman–Crippen MR) is 98.4 cm³/mol. The van der Waals surface area contributed by atoms with Gasteiger partial charge in [-0.15, -0.1) is 12.4 Å². The van der Waals surface area contributed by atoms with Gasteiger partial charge in [-0.25, -0.2) is 0 Å². The van der Waals surface area contributed by atoms with Gasteiger partial charge in [0.2, 0.25) is 5.91 Å². The van der Waals surface area contributed by atoms with Crippen LogP contribution in [0.3, 0.4) is 0 Å². The highest BCUT2D eigenvalue weighted by atomic mass is 35.5. The summed E-state index contributed by atoms with van der Waals surface area (Å²) in [4.78, 5) is 12.2. The summed E-state index contributed by atoms with van der Waals surface area (Å²) in [6.45, 7) is 5.96. The second-order valence-electron chi connectivity index (χ2n) is 5.00. The van der Waals surface area contributed by atoms with Gasteiger partial charge in [0.15, 0.2) is 0 Å². The number of anilines is 1. The van der Waals surface area contributed by atoms with Crippen LogP contribution < -0.4 is 20.1 Å². The van der Waals surface area contributed by atoms with Crippen LogP contribution in [-0.2, 0) is 4.79 Å². The predicted octanol–water partition coefficient (Wildman–Crippen LogP) is 2.94. The monoisotopic (exact) mass is 360 g/mol. The fourth-order valence-corrected chi connectivity index (χ4v) is 3.27. The molecule has 1 aliphatic rings. The molecule has 0 radical (unpaired) electrons.